The van der Waals surface area contributed by atoms with Crippen LogP contribution in [0.25, 0.3) is 108 Å². The second-order valence-electron chi connectivity index (χ2n) is 13.0. The Morgan fingerprint density at radius 3 is 1.92 bits per heavy atom. The molecule has 0 aliphatic carbocycles. The zero-order valence-corrected chi connectivity index (χ0v) is 29.7. The quantitative estimate of drug-likeness (QED) is 0.178. The monoisotopic (exact) mass is 714 g/mol. The molecule has 0 aliphatic rings. The number of furan rings is 1. The minimum atomic E-state index is 0.600. The molecule has 0 saturated heterocycles. The van der Waals surface area contributed by atoms with Gasteiger partial charge in [0.15, 0.2) is 17.5 Å². The van der Waals surface area contributed by atoms with Crippen LogP contribution in [0.5, 0.6) is 0 Å². The summed E-state index contributed by atoms with van der Waals surface area (Å²) in [6.07, 6.45) is 0. The van der Waals surface area contributed by atoms with Crippen molar-refractivity contribution in [3.05, 3.63) is 158 Å². The first kappa shape index (κ1) is 30.1. The van der Waals surface area contributed by atoms with Gasteiger partial charge in [-0.05, 0) is 65.7 Å². The van der Waals surface area contributed by atoms with Crippen LogP contribution < -0.4 is 0 Å². The lowest BCUT2D eigenvalue weighted by molar-refractivity contribution is 0.669. The van der Waals surface area contributed by atoms with Crippen molar-refractivity contribution < 1.29 is 4.42 Å². The normalized spacial score (nSPS) is 11.8. The smallest absolute Gasteiger partial charge is 0.164 e. The van der Waals surface area contributed by atoms with Crippen LogP contribution in [0.3, 0.4) is 0 Å². The lowest BCUT2D eigenvalue weighted by Crippen LogP contribution is -2.00. The molecule has 7 heteroatoms. The van der Waals surface area contributed by atoms with Gasteiger partial charge in [-0.15, -0.1) is 22.7 Å². The Hall–Kier alpha value is -6.54. The lowest BCUT2D eigenvalue weighted by Gasteiger charge is -2.09. The summed E-state index contributed by atoms with van der Waals surface area (Å²) in [5.74, 6) is 1.85. The van der Waals surface area contributed by atoms with Gasteiger partial charge in [-0.1, -0.05) is 103 Å². The minimum absolute atomic E-state index is 0.600. The Morgan fingerprint density at radius 1 is 0.377 bits per heavy atom. The average molecular weight is 715 g/mol. The van der Waals surface area contributed by atoms with Crippen LogP contribution in [0, 0.1) is 0 Å². The average Bonchev–Trinajstić information content (AvgIpc) is 3.94. The molecular formula is C46H26N4OS2. The summed E-state index contributed by atoms with van der Waals surface area (Å²) in [6, 6.07) is 54.6. The standard InChI is InChI=1S/C46H26N4OS2/c1-2-9-28(10-3-1)43-48-44(31-22-24-40-34(26-31)32-11-4-6-15-39(32)52-40)50-45(49-43)33-12-8-14-38-42(33)35-25-30(21-23-37(35)51-38)27-17-19-29(20-18-27)46-47-36-13-5-7-16-41(36)53-46/h1-26H. The van der Waals surface area contributed by atoms with Crippen LogP contribution in [0.1, 0.15) is 0 Å². The van der Waals surface area contributed by atoms with E-state index in [2.05, 4.69) is 109 Å². The van der Waals surface area contributed by atoms with Gasteiger partial charge in [0, 0.05) is 53.2 Å². The molecule has 0 spiro atoms. The molecule has 248 valence electrons. The van der Waals surface area contributed by atoms with Crippen LogP contribution >= 0.6 is 22.7 Å². The number of nitrogens with zero attached hydrogens (tertiary/aromatic N) is 4. The van der Waals surface area contributed by atoms with Gasteiger partial charge in [0.05, 0.1) is 10.2 Å². The second-order valence-corrected chi connectivity index (χ2v) is 15.2. The van der Waals surface area contributed by atoms with Crippen LogP contribution in [0.15, 0.2) is 162 Å². The highest BCUT2D eigenvalue weighted by molar-refractivity contribution is 7.25. The number of fused-ring (bicyclic) bond motifs is 7. The van der Waals surface area contributed by atoms with Crippen molar-refractivity contribution in [2.45, 2.75) is 0 Å². The highest BCUT2D eigenvalue weighted by Crippen LogP contribution is 2.40. The Kier molecular flexibility index (Phi) is 6.83. The maximum atomic E-state index is 6.44. The Balaban J connectivity index is 1.05. The second kappa shape index (κ2) is 12.0. The minimum Gasteiger partial charge on any atom is -0.456 e. The van der Waals surface area contributed by atoms with Crippen molar-refractivity contribution in [3.8, 4) is 55.9 Å². The fourth-order valence-electron chi connectivity index (χ4n) is 7.20. The van der Waals surface area contributed by atoms with Gasteiger partial charge in [-0.3, -0.25) is 0 Å². The molecule has 11 aromatic rings. The third-order valence-electron chi connectivity index (χ3n) is 9.80. The van der Waals surface area contributed by atoms with Crippen molar-refractivity contribution >= 4 is 75.0 Å². The van der Waals surface area contributed by atoms with Crippen molar-refractivity contribution in [3.63, 3.8) is 0 Å². The zero-order chi connectivity index (χ0) is 34.9. The van der Waals surface area contributed by atoms with Gasteiger partial charge in [0.2, 0.25) is 0 Å². The van der Waals surface area contributed by atoms with E-state index in [9.17, 15) is 0 Å². The maximum absolute atomic E-state index is 6.44. The third-order valence-corrected chi connectivity index (χ3v) is 12.0. The predicted molar refractivity (Wildman–Crippen MR) is 220 cm³/mol. The Morgan fingerprint density at radius 2 is 1.06 bits per heavy atom. The molecule has 4 aromatic heterocycles. The van der Waals surface area contributed by atoms with E-state index < -0.39 is 0 Å². The molecule has 0 aliphatic heterocycles. The summed E-state index contributed by atoms with van der Waals surface area (Å²) in [4.78, 5) is 20.2. The van der Waals surface area contributed by atoms with Crippen molar-refractivity contribution in [2.24, 2.45) is 0 Å². The number of para-hydroxylation sites is 1. The lowest BCUT2D eigenvalue weighted by atomic mass is 9.99. The largest absolute Gasteiger partial charge is 0.456 e. The number of aromatic nitrogens is 4. The Bertz CT molecular complexity index is 3150. The van der Waals surface area contributed by atoms with E-state index in [0.29, 0.717) is 17.5 Å². The van der Waals surface area contributed by atoms with Gasteiger partial charge in [-0.2, -0.15) is 0 Å². The zero-order valence-electron chi connectivity index (χ0n) is 28.0. The van der Waals surface area contributed by atoms with Gasteiger partial charge in [0.25, 0.3) is 0 Å². The van der Waals surface area contributed by atoms with Gasteiger partial charge < -0.3 is 4.42 Å². The fourth-order valence-corrected chi connectivity index (χ4v) is 9.26. The van der Waals surface area contributed by atoms with Gasteiger partial charge in [-0.25, -0.2) is 19.9 Å². The SMILES string of the molecule is c1ccc(-c2nc(-c3ccc4sc5ccccc5c4c3)nc(-c3cccc4oc5ccc(-c6ccc(-c7nc8ccccc8s7)cc6)cc5c34)n2)cc1. The topological polar surface area (TPSA) is 64.7 Å². The number of benzene rings is 7. The van der Waals surface area contributed by atoms with Crippen molar-refractivity contribution in [2.75, 3.05) is 0 Å². The molecule has 0 radical (unpaired) electrons. The van der Waals surface area contributed by atoms with Crippen LogP contribution in [-0.4, -0.2) is 19.9 Å². The van der Waals surface area contributed by atoms with Crippen LogP contribution in [0.4, 0.5) is 0 Å². The predicted octanol–water partition coefficient (Wildman–Crippen LogP) is 13.1. The van der Waals surface area contributed by atoms with Crippen molar-refractivity contribution in [1.29, 1.82) is 0 Å². The molecule has 53 heavy (non-hydrogen) atoms. The maximum Gasteiger partial charge on any atom is 0.164 e. The van der Waals surface area contributed by atoms with Crippen molar-refractivity contribution in [1.82, 2.24) is 19.9 Å². The molecule has 0 unspecified atom stereocenters. The highest BCUT2D eigenvalue weighted by atomic mass is 32.1. The number of thiazole rings is 1. The third kappa shape index (κ3) is 5.12. The molecule has 5 nitrogen and oxygen atoms in total. The summed E-state index contributed by atoms with van der Waals surface area (Å²) >= 11 is 3.52. The van der Waals surface area contributed by atoms with E-state index in [1.165, 1.54) is 24.9 Å². The first-order valence-corrected chi connectivity index (χ1v) is 19.0. The molecule has 0 amide bonds. The highest BCUT2D eigenvalue weighted by Gasteiger charge is 2.19. The van der Waals surface area contributed by atoms with E-state index in [1.807, 2.05) is 48.5 Å². The summed E-state index contributed by atoms with van der Waals surface area (Å²) in [5.41, 5.74) is 8.73. The number of hydrogen-bond donors (Lipinski definition) is 0. The van der Waals surface area contributed by atoms with Gasteiger partial charge >= 0.3 is 0 Å². The van der Waals surface area contributed by atoms with E-state index in [-0.39, 0.29) is 0 Å². The van der Waals surface area contributed by atoms with E-state index in [4.69, 9.17) is 24.4 Å². The molecular weight excluding hydrogens is 689 g/mol. The molecule has 7 aromatic carbocycles. The summed E-state index contributed by atoms with van der Waals surface area (Å²) in [6.45, 7) is 0. The molecule has 0 N–H and O–H groups in total. The van der Waals surface area contributed by atoms with Gasteiger partial charge in [0.1, 0.15) is 16.2 Å². The number of hydrogen-bond acceptors (Lipinski definition) is 7. The summed E-state index contributed by atoms with van der Waals surface area (Å²) < 4.78 is 10.1. The molecule has 11 rings (SSSR count). The van der Waals surface area contributed by atoms with E-state index in [1.54, 1.807) is 22.7 Å². The van der Waals surface area contributed by atoms with E-state index in [0.717, 1.165) is 65.8 Å². The molecule has 4 heterocycles. The Labute approximate surface area is 311 Å². The number of rotatable bonds is 5. The van der Waals surface area contributed by atoms with Crippen LogP contribution in [0.2, 0.25) is 0 Å². The molecule has 0 bridgehead atoms. The summed E-state index contributed by atoms with van der Waals surface area (Å²) in [7, 11) is 0. The first-order valence-electron chi connectivity index (χ1n) is 17.4. The van der Waals surface area contributed by atoms with E-state index >= 15 is 0 Å². The molecule has 0 fully saturated rings. The molecule has 0 saturated carbocycles. The molecule has 0 atom stereocenters. The fraction of sp³-hybridized carbons (Fsp3) is 0. The first-order chi connectivity index (χ1) is 26.2. The van der Waals surface area contributed by atoms with Crippen LogP contribution in [-0.2, 0) is 0 Å². The number of thiophene rings is 1. The summed E-state index contributed by atoms with van der Waals surface area (Å²) in [5, 5.41) is 5.45.